The van der Waals surface area contributed by atoms with Crippen molar-refractivity contribution in [2.24, 2.45) is 0 Å². The minimum Gasteiger partial charge on any atom is -0.462 e. The number of ether oxygens (including phenoxy) is 3. The third-order valence-electron chi connectivity index (χ3n) is 13.8. The summed E-state index contributed by atoms with van der Waals surface area (Å²) in [5.41, 5.74) is 0. The Bertz CT molecular complexity index is 1290. The molecule has 0 amide bonds. The van der Waals surface area contributed by atoms with Crippen LogP contribution in [-0.4, -0.2) is 37.2 Å². The van der Waals surface area contributed by atoms with E-state index in [0.29, 0.717) is 19.3 Å². The third kappa shape index (κ3) is 58.0. The molecule has 0 fully saturated rings. The minimum absolute atomic E-state index is 0.0725. The summed E-state index contributed by atoms with van der Waals surface area (Å²) in [6.45, 7) is 6.56. The van der Waals surface area contributed by atoms with Gasteiger partial charge in [0.2, 0.25) is 0 Å². The Morgan fingerprint density at radius 1 is 0.292 bits per heavy atom. The van der Waals surface area contributed by atoms with Gasteiger partial charge in [0.25, 0.3) is 0 Å². The maximum absolute atomic E-state index is 12.9. The molecule has 72 heavy (non-hydrogen) atoms. The molecule has 0 aliphatic heterocycles. The Balaban J connectivity index is 4.29. The van der Waals surface area contributed by atoms with Gasteiger partial charge >= 0.3 is 17.9 Å². The van der Waals surface area contributed by atoms with Crippen LogP contribution in [-0.2, 0) is 28.6 Å². The van der Waals surface area contributed by atoms with E-state index in [9.17, 15) is 14.4 Å². The lowest BCUT2D eigenvalue weighted by atomic mass is 10.0. The van der Waals surface area contributed by atoms with E-state index >= 15 is 0 Å². The fourth-order valence-corrected chi connectivity index (χ4v) is 9.08. The second-order valence-corrected chi connectivity index (χ2v) is 20.9. The first-order valence-corrected chi connectivity index (χ1v) is 31.3. The molecule has 0 aromatic heterocycles. The van der Waals surface area contributed by atoms with Crippen LogP contribution in [0, 0.1) is 0 Å². The number of carbonyl (C=O) groups excluding carboxylic acids is 3. The van der Waals surface area contributed by atoms with Gasteiger partial charge in [-0.3, -0.25) is 14.4 Å². The monoisotopic (exact) mass is 1010 g/mol. The molecule has 0 saturated heterocycles. The number of carbonyl (C=O) groups is 3. The molecule has 0 aliphatic carbocycles. The second kappa shape index (κ2) is 60.7. The first-order valence-electron chi connectivity index (χ1n) is 31.3. The average Bonchev–Trinajstić information content (AvgIpc) is 3.38. The molecule has 0 N–H and O–H groups in total. The first kappa shape index (κ1) is 69.1. The van der Waals surface area contributed by atoms with Crippen LogP contribution in [0.2, 0.25) is 0 Å². The fraction of sp³-hybridized carbons (Fsp3) is 0.803. The smallest absolute Gasteiger partial charge is 0.306 e. The van der Waals surface area contributed by atoms with Gasteiger partial charge in [-0.25, -0.2) is 0 Å². The van der Waals surface area contributed by atoms with E-state index in [4.69, 9.17) is 14.2 Å². The molecule has 0 aromatic rings. The van der Waals surface area contributed by atoms with E-state index in [2.05, 4.69) is 81.5 Å². The van der Waals surface area contributed by atoms with Crippen molar-refractivity contribution in [3.05, 3.63) is 60.8 Å². The summed E-state index contributed by atoms with van der Waals surface area (Å²) in [5.74, 6) is -0.862. The van der Waals surface area contributed by atoms with Gasteiger partial charge in [-0.15, -0.1) is 0 Å². The van der Waals surface area contributed by atoms with E-state index in [0.717, 1.165) is 83.5 Å². The zero-order chi connectivity index (χ0) is 52.2. The topological polar surface area (TPSA) is 78.9 Å². The molecular formula is C66H118O6. The molecule has 418 valence electrons. The standard InChI is InChI=1S/C66H118O6/c1-4-7-10-13-16-19-22-25-27-29-31-32-33-34-36-37-39-41-44-47-50-53-56-59-65(68)71-62-63(61-70-64(67)58-55-52-49-46-43-24-21-18-15-12-9-6-3)72-66(69)60-57-54-51-48-45-42-40-38-35-30-28-26-23-20-17-14-11-8-5-2/h7,10,16,19,25-28,31-32,63H,4-6,8-9,11-15,17-18,20-24,29-30,33-62H2,1-3H3/b10-7-,19-16-,27-25-,28-26-,32-31-. The molecule has 0 spiro atoms. The summed E-state index contributed by atoms with van der Waals surface area (Å²) < 4.78 is 16.9. The Morgan fingerprint density at radius 2 is 0.542 bits per heavy atom. The van der Waals surface area contributed by atoms with Crippen molar-refractivity contribution >= 4 is 17.9 Å². The molecule has 0 heterocycles. The molecule has 6 heteroatoms. The largest absolute Gasteiger partial charge is 0.462 e. The number of rotatable bonds is 57. The van der Waals surface area contributed by atoms with E-state index in [1.165, 1.54) is 199 Å². The van der Waals surface area contributed by atoms with Crippen LogP contribution >= 0.6 is 0 Å². The predicted molar refractivity (Wildman–Crippen MR) is 312 cm³/mol. The number of allylic oxidation sites excluding steroid dienone is 10. The van der Waals surface area contributed by atoms with Gasteiger partial charge in [0.05, 0.1) is 0 Å². The summed E-state index contributed by atoms with van der Waals surface area (Å²) in [7, 11) is 0. The second-order valence-electron chi connectivity index (χ2n) is 20.9. The van der Waals surface area contributed by atoms with Crippen molar-refractivity contribution in [2.45, 2.75) is 329 Å². The van der Waals surface area contributed by atoms with Gasteiger partial charge in [-0.05, 0) is 83.5 Å². The fourth-order valence-electron chi connectivity index (χ4n) is 9.08. The highest BCUT2D eigenvalue weighted by atomic mass is 16.6. The van der Waals surface area contributed by atoms with Gasteiger partial charge in [0.1, 0.15) is 13.2 Å². The number of hydrogen-bond acceptors (Lipinski definition) is 6. The highest BCUT2D eigenvalue weighted by Crippen LogP contribution is 2.17. The third-order valence-corrected chi connectivity index (χ3v) is 13.8. The molecular weight excluding hydrogens is 889 g/mol. The van der Waals surface area contributed by atoms with Gasteiger partial charge in [0, 0.05) is 19.3 Å². The summed E-state index contributed by atoms with van der Waals surface area (Å²) in [4.78, 5) is 38.3. The minimum atomic E-state index is -0.775. The Labute approximate surface area is 447 Å². The normalized spacial score (nSPS) is 12.4. The molecule has 0 aromatic carbocycles. The van der Waals surface area contributed by atoms with Crippen molar-refractivity contribution in [1.29, 1.82) is 0 Å². The summed E-state index contributed by atoms with van der Waals surface area (Å²) in [6, 6.07) is 0. The molecule has 1 atom stereocenters. The predicted octanol–water partition coefficient (Wildman–Crippen LogP) is 21.2. The molecule has 0 bridgehead atoms. The van der Waals surface area contributed by atoms with Gasteiger partial charge in [-0.1, -0.05) is 281 Å². The van der Waals surface area contributed by atoms with Crippen LogP contribution in [0.5, 0.6) is 0 Å². The lowest BCUT2D eigenvalue weighted by Crippen LogP contribution is -2.30. The molecule has 0 rings (SSSR count). The van der Waals surface area contributed by atoms with Crippen LogP contribution < -0.4 is 0 Å². The quantitative estimate of drug-likeness (QED) is 0.0261. The molecule has 0 aliphatic rings. The van der Waals surface area contributed by atoms with E-state index in [1.54, 1.807) is 0 Å². The molecule has 0 radical (unpaired) electrons. The zero-order valence-electron chi connectivity index (χ0n) is 47.9. The zero-order valence-corrected chi connectivity index (χ0v) is 47.9. The van der Waals surface area contributed by atoms with Crippen LogP contribution in [0.3, 0.4) is 0 Å². The van der Waals surface area contributed by atoms with Crippen LogP contribution in [0.25, 0.3) is 0 Å². The first-order chi connectivity index (χ1) is 35.5. The average molecular weight is 1010 g/mol. The number of esters is 3. The summed E-state index contributed by atoms with van der Waals surface area (Å²) >= 11 is 0. The van der Waals surface area contributed by atoms with Crippen molar-refractivity contribution < 1.29 is 28.6 Å². The lowest BCUT2D eigenvalue weighted by molar-refractivity contribution is -0.167. The number of unbranched alkanes of at least 4 members (excludes halogenated alkanes) is 36. The van der Waals surface area contributed by atoms with Gasteiger partial charge in [0.15, 0.2) is 6.10 Å². The molecule has 6 nitrogen and oxygen atoms in total. The van der Waals surface area contributed by atoms with E-state index in [1.807, 2.05) is 0 Å². The highest BCUT2D eigenvalue weighted by molar-refractivity contribution is 5.71. The summed E-state index contributed by atoms with van der Waals surface area (Å²) in [6.07, 6.45) is 76.5. The van der Waals surface area contributed by atoms with Crippen molar-refractivity contribution in [3.8, 4) is 0 Å². The van der Waals surface area contributed by atoms with E-state index < -0.39 is 6.10 Å². The van der Waals surface area contributed by atoms with E-state index in [-0.39, 0.29) is 31.1 Å². The van der Waals surface area contributed by atoms with Crippen molar-refractivity contribution in [1.82, 2.24) is 0 Å². The Hall–Kier alpha value is -2.89. The van der Waals surface area contributed by atoms with Crippen LogP contribution in [0.1, 0.15) is 323 Å². The highest BCUT2D eigenvalue weighted by Gasteiger charge is 2.19. The molecule has 1 unspecified atom stereocenters. The van der Waals surface area contributed by atoms with Gasteiger partial charge in [-0.2, -0.15) is 0 Å². The van der Waals surface area contributed by atoms with Crippen molar-refractivity contribution in [2.75, 3.05) is 13.2 Å². The van der Waals surface area contributed by atoms with Crippen LogP contribution in [0.15, 0.2) is 60.8 Å². The van der Waals surface area contributed by atoms with Gasteiger partial charge < -0.3 is 14.2 Å². The van der Waals surface area contributed by atoms with Crippen molar-refractivity contribution in [3.63, 3.8) is 0 Å². The SMILES string of the molecule is CC/C=C\C/C=C\C/C=C\C/C=C\CCCCCCCCCCCCC(=O)OCC(COC(=O)CCCCCCCCCCCCCC)OC(=O)CCCCCCCCCCC/C=C\CCCCCCCC. The Kier molecular flexibility index (Phi) is 58.2. The number of hydrogen-bond donors (Lipinski definition) is 0. The lowest BCUT2D eigenvalue weighted by Gasteiger charge is -2.18. The maximum atomic E-state index is 12.9. The Morgan fingerprint density at radius 3 is 0.861 bits per heavy atom. The summed E-state index contributed by atoms with van der Waals surface area (Å²) in [5, 5.41) is 0. The molecule has 0 saturated carbocycles. The van der Waals surface area contributed by atoms with Crippen LogP contribution in [0.4, 0.5) is 0 Å². The maximum Gasteiger partial charge on any atom is 0.306 e.